The molecule has 2 aromatic rings. The molecule has 1 aliphatic carbocycles. The monoisotopic (exact) mass is 428 g/mol. The van der Waals surface area contributed by atoms with E-state index >= 15 is 0 Å². The molecule has 6 heteroatoms. The van der Waals surface area contributed by atoms with Crippen LogP contribution in [-0.4, -0.2) is 23.5 Å². The molecular formula is C26H20O6. The van der Waals surface area contributed by atoms with E-state index < -0.39 is 35.3 Å². The maximum absolute atomic E-state index is 13.6. The number of hydrogen-bond acceptors (Lipinski definition) is 6. The minimum absolute atomic E-state index is 0.0690. The fourth-order valence-corrected chi connectivity index (χ4v) is 4.87. The van der Waals surface area contributed by atoms with E-state index in [4.69, 9.17) is 9.47 Å². The maximum Gasteiger partial charge on any atom is 0.312 e. The van der Waals surface area contributed by atoms with Crippen molar-refractivity contribution in [3.8, 4) is 0 Å². The first kappa shape index (κ1) is 20.1. The lowest BCUT2D eigenvalue weighted by atomic mass is 9.73. The minimum atomic E-state index is -0.643. The highest BCUT2D eigenvalue weighted by atomic mass is 16.6. The smallest absolute Gasteiger partial charge is 0.312 e. The van der Waals surface area contributed by atoms with Crippen LogP contribution in [0.2, 0.25) is 0 Å². The van der Waals surface area contributed by atoms with Crippen LogP contribution in [0.25, 0.3) is 0 Å². The van der Waals surface area contributed by atoms with Gasteiger partial charge in [0.1, 0.15) is 0 Å². The van der Waals surface area contributed by atoms with Crippen LogP contribution in [0, 0.1) is 13.8 Å². The Balaban J connectivity index is 1.68. The molecule has 3 aliphatic rings. The summed E-state index contributed by atoms with van der Waals surface area (Å²) in [4.78, 5) is 52.1. The molecule has 0 N–H and O–H groups in total. The molecule has 0 amide bonds. The average molecular weight is 428 g/mol. The van der Waals surface area contributed by atoms with Crippen molar-refractivity contribution >= 4 is 23.5 Å². The van der Waals surface area contributed by atoms with Crippen LogP contribution in [0.15, 0.2) is 71.2 Å². The zero-order valence-electron chi connectivity index (χ0n) is 17.6. The predicted octanol–water partition coefficient (Wildman–Crippen LogP) is 3.72. The number of Topliss-reactive ketones (excluding diaryl/α,β-unsaturated/α-hetero) is 2. The Morgan fingerprint density at radius 3 is 1.38 bits per heavy atom. The number of allylic oxidation sites excluding steroid dienone is 2. The number of aryl methyl sites for hydroxylation is 2. The Bertz CT molecular complexity index is 1180. The highest BCUT2D eigenvalue weighted by Crippen LogP contribution is 2.47. The lowest BCUT2D eigenvalue weighted by Crippen LogP contribution is -2.39. The van der Waals surface area contributed by atoms with Crippen molar-refractivity contribution in [2.75, 3.05) is 0 Å². The first-order valence-corrected chi connectivity index (χ1v) is 10.5. The molecule has 2 unspecified atom stereocenters. The van der Waals surface area contributed by atoms with Gasteiger partial charge in [-0.2, -0.15) is 0 Å². The quantitative estimate of drug-likeness (QED) is 0.535. The van der Waals surface area contributed by atoms with Gasteiger partial charge in [-0.25, -0.2) is 0 Å². The summed E-state index contributed by atoms with van der Waals surface area (Å²) in [5, 5.41) is 0. The number of rotatable bonds is 2. The van der Waals surface area contributed by atoms with Crippen LogP contribution in [0.5, 0.6) is 0 Å². The van der Waals surface area contributed by atoms with Gasteiger partial charge in [0.2, 0.25) is 11.6 Å². The second-order valence-corrected chi connectivity index (χ2v) is 8.32. The van der Waals surface area contributed by atoms with Gasteiger partial charge < -0.3 is 9.47 Å². The second kappa shape index (κ2) is 7.41. The Hall–Kier alpha value is -3.80. The van der Waals surface area contributed by atoms with Gasteiger partial charge in [-0.05, 0) is 36.1 Å². The SMILES string of the molecule is Cc1ccccc1C1CC(=O)OC2=C1C(=O)C1=C(C2=O)C(c2ccccc2C)CC(=O)O1. The highest BCUT2D eigenvalue weighted by molar-refractivity contribution is 6.26. The lowest BCUT2D eigenvalue weighted by Gasteiger charge is -2.35. The fraction of sp³-hybridized carbons (Fsp3) is 0.231. The molecule has 0 spiro atoms. The first-order chi connectivity index (χ1) is 15.4. The summed E-state index contributed by atoms with van der Waals surface area (Å²) in [5.41, 5.74) is 3.47. The van der Waals surface area contributed by atoms with Crippen molar-refractivity contribution in [2.45, 2.75) is 38.5 Å². The van der Waals surface area contributed by atoms with Gasteiger partial charge in [-0.1, -0.05) is 48.5 Å². The minimum Gasteiger partial charge on any atom is -0.422 e. The number of benzene rings is 2. The van der Waals surface area contributed by atoms with Gasteiger partial charge in [0.05, 0.1) is 24.0 Å². The Kier molecular flexibility index (Phi) is 4.66. The molecule has 2 heterocycles. The maximum atomic E-state index is 13.6. The van der Waals surface area contributed by atoms with Crippen LogP contribution >= 0.6 is 0 Å². The van der Waals surface area contributed by atoms with E-state index in [-0.39, 0.29) is 35.5 Å². The summed E-state index contributed by atoms with van der Waals surface area (Å²) >= 11 is 0. The molecule has 0 aromatic heterocycles. The van der Waals surface area contributed by atoms with Crippen LogP contribution in [0.1, 0.15) is 46.9 Å². The predicted molar refractivity (Wildman–Crippen MR) is 113 cm³/mol. The number of hydrogen-bond donors (Lipinski definition) is 0. The van der Waals surface area contributed by atoms with Crippen molar-refractivity contribution < 1.29 is 28.7 Å². The molecular weight excluding hydrogens is 408 g/mol. The molecule has 2 aromatic carbocycles. The Morgan fingerprint density at radius 2 is 1.00 bits per heavy atom. The van der Waals surface area contributed by atoms with Crippen molar-refractivity contribution in [1.29, 1.82) is 0 Å². The Morgan fingerprint density at radius 1 is 0.625 bits per heavy atom. The summed E-state index contributed by atoms with van der Waals surface area (Å²) in [6.45, 7) is 3.76. The van der Waals surface area contributed by atoms with Gasteiger partial charge in [0.15, 0.2) is 11.5 Å². The lowest BCUT2D eigenvalue weighted by molar-refractivity contribution is -0.148. The summed E-state index contributed by atoms with van der Waals surface area (Å²) < 4.78 is 10.7. The van der Waals surface area contributed by atoms with Crippen molar-refractivity contribution in [1.82, 2.24) is 0 Å². The molecule has 2 aliphatic heterocycles. The average Bonchev–Trinajstić information content (AvgIpc) is 2.77. The number of carbonyl (C=O) groups is 4. The number of esters is 2. The van der Waals surface area contributed by atoms with E-state index in [1.165, 1.54) is 0 Å². The molecule has 5 rings (SSSR count). The summed E-state index contributed by atoms with van der Waals surface area (Å²) in [7, 11) is 0. The first-order valence-electron chi connectivity index (χ1n) is 10.5. The standard InChI is InChI=1S/C26H20O6/c1-13-7-3-5-9-15(13)17-11-19(27)31-25-21(17)23(29)26-22(24(25)30)18(12-20(28)32-26)16-10-6-4-8-14(16)2/h3-10,17-18H,11-12H2,1-2H3. The molecule has 6 nitrogen and oxygen atoms in total. The van der Waals surface area contributed by atoms with Crippen molar-refractivity contribution in [3.05, 3.63) is 93.4 Å². The normalized spacial score (nSPS) is 22.9. The zero-order valence-corrected chi connectivity index (χ0v) is 17.6. The Labute approximate surface area is 184 Å². The highest BCUT2D eigenvalue weighted by Gasteiger charge is 2.49. The zero-order chi connectivity index (χ0) is 22.6. The van der Waals surface area contributed by atoms with Crippen LogP contribution in [0.3, 0.4) is 0 Å². The van der Waals surface area contributed by atoms with Crippen molar-refractivity contribution in [2.24, 2.45) is 0 Å². The van der Waals surface area contributed by atoms with Crippen molar-refractivity contribution in [3.63, 3.8) is 0 Å². The number of ether oxygens (including phenoxy) is 2. The summed E-state index contributed by atoms with van der Waals surface area (Å²) in [6.07, 6.45) is -0.138. The summed E-state index contributed by atoms with van der Waals surface area (Å²) in [6, 6.07) is 14.8. The van der Waals surface area contributed by atoms with E-state index in [2.05, 4.69) is 0 Å². The van der Waals surface area contributed by atoms with E-state index in [0.29, 0.717) is 0 Å². The molecule has 0 radical (unpaired) electrons. The van der Waals surface area contributed by atoms with Gasteiger partial charge in [-0.3, -0.25) is 19.2 Å². The van der Waals surface area contributed by atoms with Crippen LogP contribution < -0.4 is 0 Å². The van der Waals surface area contributed by atoms with E-state index in [9.17, 15) is 19.2 Å². The molecule has 0 fully saturated rings. The molecule has 2 atom stereocenters. The third-order valence-electron chi connectivity index (χ3n) is 6.39. The number of carbonyl (C=O) groups excluding carboxylic acids is 4. The van der Waals surface area contributed by atoms with Gasteiger partial charge in [0.25, 0.3) is 0 Å². The largest absolute Gasteiger partial charge is 0.422 e. The number of ketones is 2. The topological polar surface area (TPSA) is 86.7 Å². The molecule has 0 bridgehead atoms. The van der Waals surface area contributed by atoms with Crippen LogP contribution in [0.4, 0.5) is 0 Å². The fourth-order valence-electron chi connectivity index (χ4n) is 4.87. The van der Waals surface area contributed by atoms with Crippen LogP contribution in [-0.2, 0) is 28.7 Å². The second-order valence-electron chi connectivity index (χ2n) is 8.32. The van der Waals surface area contributed by atoms with Gasteiger partial charge >= 0.3 is 11.9 Å². The molecule has 0 saturated heterocycles. The molecule has 32 heavy (non-hydrogen) atoms. The molecule has 0 saturated carbocycles. The molecule has 160 valence electrons. The third-order valence-corrected chi connectivity index (χ3v) is 6.39. The van der Waals surface area contributed by atoms with Gasteiger partial charge in [0, 0.05) is 11.8 Å². The van der Waals surface area contributed by atoms with E-state index in [1.54, 1.807) is 0 Å². The van der Waals surface area contributed by atoms with E-state index in [1.807, 2.05) is 62.4 Å². The third kappa shape index (κ3) is 3.02. The van der Waals surface area contributed by atoms with E-state index in [0.717, 1.165) is 22.3 Å². The summed E-state index contributed by atoms with van der Waals surface area (Å²) in [5.74, 6) is -4.04. The van der Waals surface area contributed by atoms with Gasteiger partial charge in [-0.15, -0.1) is 0 Å².